The van der Waals surface area contributed by atoms with Crippen LogP contribution in [0.25, 0.3) is 0 Å². The summed E-state index contributed by atoms with van der Waals surface area (Å²) in [6, 6.07) is 5.35. The third kappa shape index (κ3) is 4.86. The molecule has 3 rings (SSSR count). The second kappa shape index (κ2) is 8.69. The summed E-state index contributed by atoms with van der Waals surface area (Å²) in [4.78, 5) is 23.1. The van der Waals surface area contributed by atoms with Gasteiger partial charge in [0.1, 0.15) is 11.5 Å². The molecule has 1 saturated heterocycles. The third-order valence-corrected chi connectivity index (χ3v) is 5.13. The number of rotatable bonds is 5. The molecular formula is C19H22Cl2N4O. The summed E-state index contributed by atoms with van der Waals surface area (Å²) in [5, 5.41) is 4.05. The minimum Gasteiger partial charge on any atom is -0.355 e. The second-order valence-corrected chi connectivity index (χ2v) is 7.54. The number of hydrogen-bond donors (Lipinski definition) is 1. The molecule has 1 aliphatic rings. The Labute approximate surface area is 163 Å². The van der Waals surface area contributed by atoms with Crippen molar-refractivity contribution in [3.8, 4) is 0 Å². The van der Waals surface area contributed by atoms with Crippen molar-refractivity contribution >= 4 is 34.9 Å². The van der Waals surface area contributed by atoms with Crippen LogP contribution in [0.2, 0.25) is 10.0 Å². The van der Waals surface area contributed by atoms with Crippen molar-refractivity contribution in [1.82, 2.24) is 15.3 Å². The molecule has 0 saturated carbocycles. The van der Waals surface area contributed by atoms with Crippen molar-refractivity contribution in [2.45, 2.75) is 26.2 Å². The molecule has 2 heterocycles. The Bertz CT molecular complexity index is 767. The van der Waals surface area contributed by atoms with Gasteiger partial charge < -0.3 is 10.2 Å². The SMILES string of the molecule is CC1CCCN(c2cnc(C(=O)NCCc3ccc(Cl)cc3Cl)cn2)C1. The van der Waals surface area contributed by atoms with E-state index >= 15 is 0 Å². The van der Waals surface area contributed by atoms with Crippen LogP contribution in [0.3, 0.4) is 0 Å². The lowest BCUT2D eigenvalue weighted by atomic mass is 10.0. The third-order valence-electron chi connectivity index (χ3n) is 4.55. The van der Waals surface area contributed by atoms with Crippen LogP contribution in [0.1, 0.15) is 35.8 Å². The highest BCUT2D eigenvalue weighted by Gasteiger charge is 2.18. The van der Waals surface area contributed by atoms with Gasteiger partial charge in [-0.1, -0.05) is 36.2 Å². The monoisotopic (exact) mass is 392 g/mol. The number of benzene rings is 1. The molecule has 1 atom stereocenters. The lowest BCUT2D eigenvalue weighted by molar-refractivity contribution is 0.0949. The fourth-order valence-corrected chi connectivity index (χ4v) is 3.63. The average Bonchev–Trinajstić information content (AvgIpc) is 2.63. The highest BCUT2D eigenvalue weighted by atomic mass is 35.5. The van der Waals surface area contributed by atoms with Crippen molar-refractivity contribution in [3.05, 3.63) is 51.9 Å². The Balaban J connectivity index is 1.53. The smallest absolute Gasteiger partial charge is 0.271 e. The normalized spacial score (nSPS) is 17.2. The quantitative estimate of drug-likeness (QED) is 0.835. The maximum Gasteiger partial charge on any atom is 0.271 e. The summed E-state index contributed by atoms with van der Waals surface area (Å²) >= 11 is 12.0. The average molecular weight is 393 g/mol. The summed E-state index contributed by atoms with van der Waals surface area (Å²) in [5.74, 6) is 1.26. The molecule has 138 valence electrons. The van der Waals surface area contributed by atoms with Gasteiger partial charge in [-0.15, -0.1) is 0 Å². The minimum absolute atomic E-state index is 0.235. The predicted octanol–water partition coefficient (Wildman–Crippen LogP) is 3.99. The lowest BCUT2D eigenvalue weighted by Gasteiger charge is -2.31. The van der Waals surface area contributed by atoms with E-state index < -0.39 is 0 Å². The predicted molar refractivity (Wildman–Crippen MR) is 105 cm³/mol. The number of anilines is 1. The number of aromatic nitrogens is 2. The van der Waals surface area contributed by atoms with Crippen LogP contribution in [-0.4, -0.2) is 35.5 Å². The van der Waals surface area contributed by atoms with Gasteiger partial charge in [-0.05, 0) is 42.9 Å². The van der Waals surface area contributed by atoms with Crippen LogP contribution in [0, 0.1) is 5.92 Å². The van der Waals surface area contributed by atoms with E-state index in [-0.39, 0.29) is 5.91 Å². The molecule has 2 aromatic rings. The first-order chi connectivity index (χ1) is 12.5. The topological polar surface area (TPSA) is 58.1 Å². The second-order valence-electron chi connectivity index (χ2n) is 6.69. The van der Waals surface area contributed by atoms with E-state index in [4.69, 9.17) is 23.2 Å². The van der Waals surface area contributed by atoms with Crippen molar-refractivity contribution in [2.24, 2.45) is 5.92 Å². The summed E-state index contributed by atoms with van der Waals surface area (Å²) in [5.41, 5.74) is 1.26. The van der Waals surface area contributed by atoms with Crippen LogP contribution in [0.15, 0.2) is 30.6 Å². The zero-order chi connectivity index (χ0) is 18.5. The van der Waals surface area contributed by atoms with E-state index in [0.29, 0.717) is 34.6 Å². The summed E-state index contributed by atoms with van der Waals surface area (Å²) in [6.07, 6.45) is 6.27. The molecule has 1 aliphatic heterocycles. The molecule has 1 unspecified atom stereocenters. The van der Waals surface area contributed by atoms with Crippen LogP contribution in [0.4, 0.5) is 5.82 Å². The molecule has 1 aromatic heterocycles. The van der Waals surface area contributed by atoms with E-state index in [1.165, 1.54) is 12.8 Å². The standard InChI is InChI=1S/C19H22Cl2N4O/c1-13-3-2-8-25(12-13)18-11-23-17(10-24-18)19(26)22-7-6-14-4-5-15(20)9-16(14)21/h4-5,9-11,13H,2-3,6-8,12H2,1H3,(H,22,26). The first kappa shape index (κ1) is 18.9. The van der Waals surface area contributed by atoms with Gasteiger partial charge in [0.25, 0.3) is 5.91 Å². The fourth-order valence-electron chi connectivity index (χ4n) is 3.12. The molecule has 0 bridgehead atoms. The molecule has 7 heteroatoms. The van der Waals surface area contributed by atoms with Crippen LogP contribution >= 0.6 is 23.2 Å². The zero-order valence-corrected chi connectivity index (χ0v) is 16.2. The van der Waals surface area contributed by atoms with E-state index in [1.54, 1.807) is 24.5 Å². The Hall–Kier alpha value is -1.85. The van der Waals surface area contributed by atoms with E-state index in [1.807, 2.05) is 6.07 Å². The van der Waals surface area contributed by atoms with Gasteiger partial charge in [0.15, 0.2) is 0 Å². The molecule has 5 nitrogen and oxygen atoms in total. The maximum atomic E-state index is 12.2. The number of piperidine rings is 1. The number of nitrogens with zero attached hydrogens (tertiary/aromatic N) is 3. The van der Waals surface area contributed by atoms with Crippen LogP contribution in [0.5, 0.6) is 0 Å². The molecule has 0 aliphatic carbocycles. The maximum absolute atomic E-state index is 12.2. The highest BCUT2D eigenvalue weighted by molar-refractivity contribution is 6.35. The molecule has 26 heavy (non-hydrogen) atoms. The Kier molecular flexibility index (Phi) is 6.33. The number of amides is 1. The van der Waals surface area contributed by atoms with Gasteiger partial charge >= 0.3 is 0 Å². The van der Waals surface area contributed by atoms with E-state index in [9.17, 15) is 4.79 Å². The van der Waals surface area contributed by atoms with Gasteiger partial charge in [-0.3, -0.25) is 4.79 Å². The Morgan fingerprint density at radius 1 is 1.31 bits per heavy atom. The largest absolute Gasteiger partial charge is 0.355 e. The lowest BCUT2D eigenvalue weighted by Crippen LogP contribution is -2.35. The molecule has 1 aromatic carbocycles. The molecule has 0 radical (unpaired) electrons. The fraction of sp³-hybridized carbons (Fsp3) is 0.421. The van der Waals surface area contributed by atoms with Crippen molar-refractivity contribution in [1.29, 1.82) is 0 Å². The van der Waals surface area contributed by atoms with Crippen molar-refractivity contribution in [3.63, 3.8) is 0 Å². The molecule has 1 fully saturated rings. The summed E-state index contributed by atoms with van der Waals surface area (Å²) in [7, 11) is 0. The van der Waals surface area contributed by atoms with E-state index in [2.05, 4.69) is 27.1 Å². The van der Waals surface area contributed by atoms with Gasteiger partial charge in [-0.25, -0.2) is 9.97 Å². The number of carbonyl (C=O) groups excluding carboxylic acids is 1. The Morgan fingerprint density at radius 3 is 2.85 bits per heavy atom. The number of carbonyl (C=O) groups is 1. The van der Waals surface area contributed by atoms with Crippen molar-refractivity contribution in [2.75, 3.05) is 24.5 Å². The zero-order valence-electron chi connectivity index (χ0n) is 14.7. The Morgan fingerprint density at radius 2 is 2.15 bits per heavy atom. The van der Waals surface area contributed by atoms with Crippen LogP contribution < -0.4 is 10.2 Å². The van der Waals surface area contributed by atoms with Gasteiger partial charge in [-0.2, -0.15) is 0 Å². The highest BCUT2D eigenvalue weighted by Crippen LogP contribution is 2.21. The molecule has 1 amide bonds. The van der Waals surface area contributed by atoms with Gasteiger partial charge in [0.2, 0.25) is 0 Å². The first-order valence-electron chi connectivity index (χ1n) is 8.82. The summed E-state index contributed by atoms with van der Waals surface area (Å²) < 4.78 is 0. The summed E-state index contributed by atoms with van der Waals surface area (Å²) in [6.45, 7) is 4.69. The van der Waals surface area contributed by atoms with E-state index in [0.717, 1.165) is 24.5 Å². The number of halogens is 2. The molecular weight excluding hydrogens is 371 g/mol. The number of nitrogens with one attached hydrogen (secondary N) is 1. The van der Waals surface area contributed by atoms with Gasteiger partial charge in [0, 0.05) is 29.7 Å². The molecule has 0 spiro atoms. The minimum atomic E-state index is -0.235. The number of hydrogen-bond acceptors (Lipinski definition) is 4. The first-order valence-corrected chi connectivity index (χ1v) is 9.57. The van der Waals surface area contributed by atoms with Gasteiger partial charge in [0.05, 0.1) is 12.4 Å². The van der Waals surface area contributed by atoms with Crippen molar-refractivity contribution < 1.29 is 4.79 Å². The molecule has 1 N–H and O–H groups in total. The van der Waals surface area contributed by atoms with Crippen LogP contribution in [-0.2, 0) is 6.42 Å².